The van der Waals surface area contributed by atoms with Gasteiger partial charge in [-0.05, 0) is 30.5 Å². The van der Waals surface area contributed by atoms with Gasteiger partial charge in [-0.1, -0.05) is 72.5 Å². The highest BCUT2D eigenvalue weighted by atomic mass is 16.5. The standard InChI is InChI=1S/C28H25N3O2/c1-33-28(32)26(18-23-10-6-3-7-11-23)31-27-19-25(29-20-30-27)24-16-14-22(15-17-24)13-12-21-8-4-2-5-9-21/h3-4,6-11,14-17,19-20,26H,2,5,18H2,1H3,(H,29,30,31). The molecule has 2 aromatic carbocycles. The van der Waals surface area contributed by atoms with E-state index in [1.54, 1.807) is 0 Å². The number of nitrogens with zero attached hydrogens (tertiary/aromatic N) is 2. The molecule has 0 spiro atoms. The maximum absolute atomic E-state index is 12.3. The average molecular weight is 436 g/mol. The average Bonchev–Trinajstić information content (AvgIpc) is 2.88. The van der Waals surface area contributed by atoms with Crippen molar-refractivity contribution >= 4 is 11.8 Å². The zero-order valence-electron chi connectivity index (χ0n) is 18.5. The van der Waals surface area contributed by atoms with Crippen molar-refractivity contribution in [2.45, 2.75) is 25.3 Å². The minimum Gasteiger partial charge on any atom is -0.467 e. The number of esters is 1. The molecule has 1 aromatic heterocycles. The molecule has 0 bridgehead atoms. The summed E-state index contributed by atoms with van der Waals surface area (Å²) < 4.78 is 4.99. The molecule has 0 fully saturated rings. The van der Waals surface area contributed by atoms with Gasteiger partial charge in [0.15, 0.2) is 0 Å². The lowest BCUT2D eigenvalue weighted by Gasteiger charge is -2.17. The largest absolute Gasteiger partial charge is 0.467 e. The number of carbonyl (C=O) groups excluding carboxylic acids is 1. The second kappa shape index (κ2) is 10.9. The second-order valence-corrected chi connectivity index (χ2v) is 7.66. The van der Waals surface area contributed by atoms with E-state index >= 15 is 0 Å². The van der Waals surface area contributed by atoms with Crippen LogP contribution in [0.2, 0.25) is 0 Å². The summed E-state index contributed by atoms with van der Waals surface area (Å²) in [6, 6.07) is 19.0. The van der Waals surface area contributed by atoms with Gasteiger partial charge in [0.2, 0.25) is 0 Å². The van der Waals surface area contributed by atoms with Crippen LogP contribution in [0.5, 0.6) is 0 Å². The van der Waals surface area contributed by atoms with Crippen LogP contribution in [0.4, 0.5) is 5.82 Å². The van der Waals surface area contributed by atoms with Crippen LogP contribution in [0.3, 0.4) is 0 Å². The monoisotopic (exact) mass is 435 g/mol. The number of allylic oxidation sites excluding steroid dienone is 4. The van der Waals surface area contributed by atoms with Gasteiger partial charge in [-0.2, -0.15) is 0 Å². The normalized spacial score (nSPS) is 13.3. The third-order valence-electron chi connectivity index (χ3n) is 5.28. The molecular formula is C28H25N3O2. The fraction of sp³-hybridized carbons (Fsp3) is 0.179. The number of aromatic nitrogens is 2. The molecule has 5 nitrogen and oxygen atoms in total. The second-order valence-electron chi connectivity index (χ2n) is 7.66. The summed E-state index contributed by atoms with van der Waals surface area (Å²) in [6.07, 6.45) is 10.5. The van der Waals surface area contributed by atoms with Crippen molar-refractivity contribution in [2.24, 2.45) is 0 Å². The van der Waals surface area contributed by atoms with E-state index < -0.39 is 6.04 Å². The molecule has 1 aliphatic rings. The zero-order chi connectivity index (χ0) is 22.9. The zero-order valence-corrected chi connectivity index (χ0v) is 18.5. The summed E-state index contributed by atoms with van der Waals surface area (Å²) in [5, 5.41) is 3.20. The molecule has 164 valence electrons. The van der Waals surface area contributed by atoms with Crippen LogP contribution >= 0.6 is 0 Å². The summed E-state index contributed by atoms with van der Waals surface area (Å²) in [5.74, 6) is 6.63. The third kappa shape index (κ3) is 6.18. The third-order valence-corrected chi connectivity index (χ3v) is 5.28. The number of rotatable bonds is 6. The van der Waals surface area contributed by atoms with Gasteiger partial charge in [-0.3, -0.25) is 0 Å². The summed E-state index contributed by atoms with van der Waals surface area (Å²) >= 11 is 0. The Morgan fingerprint density at radius 2 is 1.88 bits per heavy atom. The van der Waals surface area contributed by atoms with Gasteiger partial charge >= 0.3 is 5.97 Å². The fourth-order valence-corrected chi connectivity index (χ4v) is 3.53. The first-order chi connectivity index (χ1) is 16.2. The van der Waals surface area contributed by atoms with Crippen LogP contribution in [0.15, 0.2) is 90.8 Å². The van der Waals surface area contributed by atoms with Crippen LogP contribution in [0, 0.1) is 11.8 Å². The number of hydrogen-bond acceptors (Lipinski definition) is 5. The minimum atomic E-state index is -0.555. The van der Waals surface area contributed by atoms with Gasteiger partial charge in [0.1, 0.15) is 18.2 Å². The number of carbonyl (C=O) groups is 1. The number of anilines is 1. The molecule has 5 heteroatoms. The maximum Gasteiger partial charge on any atom is 0.328 e. The molecule has 0 aliphatic heterocycles. The van der Waals surface area contributed by atoms with Gasteiger partial charge < -0.3 is 10.1 Å². The molecule has 0 radical (unpaired) electrons. The lowest BCUT2D eigenvalue weighted by molar-refractivity contribution is -0.141. The van der Waals surface area contributed by atoms with Crippen LogP contribution in [0.1, 0.15) is 24.0 Å². The van der Waals surface area contributed by atoms with E-state index in [9.17, 15) is 4.79 Å². The summed E-state index contributed by atoms with van der Waals surface area (Å²) in [4.78, 5) is 21.0. The number of methoxy groups -OCH3 is 1. The number of hydrogen-bond donors (Lipinski definition) is 1. The molecule has 1 N–H and O–H groups in total. The van der Waals surface area contributed by atoms with Crippen molar-refractivity contribution in [3.63, 3.8) is 0 Å². The van der Waals surface area contributed by atoms with Crippen molar-refractivity contribution in [2.75, 3.05) is 12.4 Å². The Labute approximate surface area is 194 Å². The van der Waals surface area contributed by atoms with E-state index in [2.05, 4.69) is 45.4 Å². The summed E-state index contributed by atoms with van der Waals surface area (Å²) in [7, 11) is 1.39. The van der Waals surface area contributed by atoms with E-state index in [1.165, 1.54) is 13.4 Å². The number of benzene rings is 2. The lowest BCUT2D eigenvalue weighted by atomic mass is 10.1. The topological polar surface area (TPSA) is 64.1 Å². The van der Waals surface area contributed by atoms with Gasteiger partial charge in [-0.15, -0.1) is 0 Å². The Kier molecular flexibility index (Phi) is 7.29. The molecule has 1 atom stereocenters. The molecular weight excluding hydrogens is 410 g/mol. The van der Waals surface area contributed by atoms with Crippen molar-refractivity contribution in [1.82, 2.24) is 9.97 Å². The van der Waals surface area contributed by atoms with Crippen molar-refractivity contribution in [3.05, 3.63) is 102 Å². The number of ether oxygens (including phenoxy) is 1. The van der Waals surface area contributed by atoms with Gasteiger partial charge in [0, 0.05) is 29.2 Å². The Morgan fingerprint density at radius 3 is 2.61 bits per heavy atom. The number of nitrogens with one attached hydrogen (secondary N) is 1. The molecule has 0 saturated heterocycles. The Bertz CT molecular complexity index is 1220. The molecule has 1 heterocycles. The highest BCUT2D eigenvalue weighted by molar-refractivity contribution is 5.79. The van der Waals surface area contributed by atoms with E-state index in [-0.39, 0.29) is 5.97 Å². The van der Waals surface area contributed by atoms with Crippen LogP contribution in [-0.4, -0.2) is 29.1 Å². The smallest absolute Gasteiger partial charge is 0.328 e. The molecule has 3 aromatic rings. The SMILES string of the molecule is COC(=O)C(Cc1ccccc1)Nc1cc(-c2ccc(C#CC3=CCCC=C3)cc2)ncn1. The van der Waals surface area contributed by atoms with Crippen molar-refractivity contribution in [3.8, 4) is 23.1 Å². The van der Waals surface area contributed by atoms with Crippen molar-refractivity contribution < 1.29 is 9.53 Å². The molecule has 4 rings (SSSR count). The highest BCUT2D eigenvalue weighted by Crippen LogP contribution is 2.20. The lowest BCUT2D eigenvalue weighted by Crippen LogP contribution is -2.33. The van der Waals surface area contributed by atoms with Crippen molar-refractivity contribution in [1.29, 1.82) is 0 Å². The molecule has 0 amide bonds. The Hall–Kier alpha value is -4.17. The van der Waals surface area contributed by atoms with Gasteiger partial charge in [-0.25, -0.2) is 14.8 Å². The quantitative estimate of drug-likeness (QED) is 0.438. The summed E-state index contributed by atoms with van der Waals surface area (Å²) in [5.41, 5.74) is 4.74. The predicted molar refractivity (Wildman–Crippen MR) is 130 cm³/mol. The van der Waals surface area contributed by atoms with Gasteiger partial charge in [0.25, 0.3) is 0 Å². The Balaban J connectivity index is 1.48. The van der Waals surface area contributed by atoms with Crippen LogP contribution in [-0.2, 0) is 16.0 Å². The van der Waals surface area contributed by atoms with Gasteiger partial charge in [0.05, 0.1) is 12.8 Å². The highest BCUT2D eigenvalue weighted by Gasteiger charge is 2.20. The predicted octanol–water partition coefficient (Wildman–Crippen LogP) is 4.97. The van der Waals surface area contributed by atoms with E-state index in [0.29, 0.717) is 12.2 Å². The fourth-order valence-electron chi connectivity index (χ4n) is 3.53. The first kappa shape index (κ1) is 22.0. The minimum absolute atomic E-state index is 0.343. The Morgan fingerprint density at radius 1 is 1.06 bits per heavy atom. The maximum atomic E-state index is 12.3. The molecule has 1 unspecified atom stereocenters. The molecule has 1 aliphatic carbocycles. The van der Waals surface area contributed by atoms with E-state index in [4.69, 9.17) is 4.74 Å². The first-order valence-corrected chi connectivity index (χ1v) is 10.9. The van der Waals surface area contributed by atoms with E-state index in [0.717, 1.165) is 40.8 Å². The molecule has 0 saturated carbocycles. The summed E-state index contributed by atoms with van der Waals surface area (Å²) in [6.45, 7) is 0. The van der Waals surface area contributed by atoms with Crippen LogP contribution < -0.4 is 5.32 Å². The van der Waals surface area contributed by atoms with E-state index in [1.807, 2.05) is 60.7 Å². The molecule has 33 heavy (non-hydrogen) atoms. The van der Waals surface area contributed by atoms with Crippen LogP contribution in [0.25, 0.3) is 11.3 Å². The first-order valence-electron chi connectivity index (χ1n) is 10.9.